The Morgan fingerprint density at radius 2 is 2.35 bits per heavy atom. The van der Waals surface area contributed by atoms with Gasteiger partial charge in [-0.2, -0.15) is 0 Å². The quantitative estimate of drug-likeness (QED) is 0.882. The number of likely N-dealkylation sites (tertiary alicyclic amines) is 1. The van der Waals surface area contributed by atoms with E-state index in [4.69, 9.17) is 5.73 Å². The Morgan fingerprint density at radius 1 is 1.55 bits per heavy atom. The van der Waals surface area contributed by atoms with E-state index in [-0.39, 0.29) is 5.91 Å². The van der Waals surface area contributed by atoms with Gasteiger partial charge in [-0.25, -0.2) is 4.98 Å². The first kappa shape index (κ1) is 13.8. The maximum absolute atomic E-state index is 11.8. The second-order valence-electron chi connectivity index (χ2n) is 6.06. The van der Waals surface area contributed by atoms with E-state index < -0.39 is 0 Å². The molecule has 1 aromatic heterocycles. The Hall–Kier alpha value is -1.14. The molecule has 20 heavy (non-hydrogen) atoms. The highest BCUT2D eigenvalue weighted by Crippen LogP contribution is 2.30. The van der Waals surface area contributed by atoms with Gasteiger partial charge < -0.3 is 11.1 Å². The number of carbonyl (C=O) groups excluding carboxylic acids is 1. The van der Waals surface area contributed by atoms with Crippen molar-refractivity contribution in [3.63, 3.8) is 0 Å². The van der Waals surface area contributed by atoms with Crippen LogP contribution in [0.15, 0.2) is 6.20 Å². The Balaban J connectivity index is 1.49. The largest absolute Gasteiger partial charge is 0.375 e. The van der Waals surface area contributed by atoms with E-state index in [0.717, 1.165) is 38.9 Å². The fraction of sp³-hybridized carbons (Fsp3) is 0.714. The van der Waals surface area contributed by atoms with Gasteiger partial charge in [0.05, 0.1) is 0 Å². The molecule has 2 atom stereocenters. The van der Waals surface area contributed by atoms with Crippen molar-refractivity contribution in [2.75, 3.05) is 18.8 Å². The number of thiazole rings is 1. The number of nitrogens with zero attached hydrogens (tertiary/aromatic N) is 2. The van der Waals surface area contributed by atoms with Gasteiger partial charge in [-0.1, -0.05) is 6.92 Å². The van der Waals surface area contributed by atoms with Crippen molar-refractivity contribution < 1.29 is 4.79 Å². The van der Waals surface area contributed by atoms with Crippen molar-refractivity contribution in [1.29, 1.82) is 0 Å². The van der Waals surface area contributed by atoms with E-state index in [1.807, 2.05) is 6.20 Å². The van der Waals surface area contributed by atoms with Crippen LogP contribution in [0.2, 0.25) is 0 Å². The van der Waals surface area contributed by atoms with Crippen molar-refractivity contribution in [2.45, 2.75) is 38.8 Å². The van der Waals surface area contributed by atoms with Crippen LogP contribution >= 0.6 is 11.3 Å². The average molecular weight is 294 g/mol. The standard InChI is InChI=1S/C14H22N4OS/c1-9-7-18(8-11-6-16-14(15)20-11)5-4-12(9)17-13(19)10-2-3-10/h6,9-10,12H,2-5,7-8H2,1H3,(H2,15,16)(H,17,19). The van der Waals surface area contributed by atoms with Crippen LogP contribution < -0.4 is 11.1 Å². The van der Waals surface area contributed by atoms with Crippen LogP contribution in [0.1, 0.15) is 31.1 Å². The van der Waals surface area contributed by atoms with Crippen LogP contribution in [0.5, 0.6) is 0 Å². The topological polar surface area (TPSA) is 71.2 Å². The number of nitrogens with two attached hydrogens (primary N) is 1. The molecule has 6 heteroatoms. The van der Waals surface area contributed by atoms with Gasteiger partial charge in [-0.15, -0.1) is 11.3 Å². The SMILES string of the molecule is CC1CN(Cc2cnc(N)s2)CCC1NC(=O)C1CC1. The molecule has 0 aromatic carbocycles. The first-order valence-electron chi connectivity index (χ1n) is 7.34. The lowest BCUT2D eigenvalue weighted by Crippen LogP contribution is -2.50. The summed E-state index contributed by atoms with van der Waals surface area (Å²) in [5.41, 5.74) is 5.66. The Morgan fingerprint density at radius 3 is 2.95 bits per heavy atom. The number of nitrogen functional groups attached to an aromatic ring is 1. The molecule has 2 aliphatic rings. The highest BCUT2D eigenvalue weighted by Gasteiger charge is 2.33. The highest BCUT2D eigenvalue weighted by atomic mass is 32.1. The zero-order chi connectivity index (χ0) is 14.1. The van der Waals surface area contributed by atoms with Gasteiger partial charge in [0.2, 0.25) is 5.91 Å². The maximum Gasteiger partial charge on any atom is 0.223 e. The number of nitrogens with one attached hydrogen (secondary N) is 1. The molecule has 2 unspecified atom stereocenters. The molecule has 1 saturated heterocycles. The molecule has 2 heterocycles. The molecule has 1 amide bonds. The van der Waals surface area contributed by atoms with Gasteiger partial charge >= 0.3 is 0 Å². The molecular weight excluding hydrogens is 272 g/mol. The number of anilines is 1. The molecule has 0 bridgehead atoms. The summed E-state index contributed by atoms with van der Waals surface area (Å²) in [7, 11) is 0. The maximum atomic E-state index is 11.8. The molecule has 1 saturated carbocycles. The first-order chi connectivity index (χ1) is 9.61. The third-order valence-electron chi connectivity index (χ3n) is 4.22. The zero-order valence-electron chi connectivity index (χ0n) is 11.8. The van der Waals surface area contributed by atoms with Crippen LogP contribution in [0.25, 0.3) is 0 Å². The lowest BCUT2D eigenvalue weighted by Gasteiger charge is -2.37. The normalized spacial score (nSPS) is 27.4. The smallest absolute Gasteiger partial charge is 0.223 e. The number of hydrogen-bond acceptors (Lipinski definition) is 5. The van der Waals surface area contributed by atoms with Crippen molar-refractivity contribution in [1.82, 2.24) is 15.2 Å². The third-order valence-corrected chi connectivity index (χ3v) is 5.03. The number of carbonyl (C=O) groups is 1. The third kappa shape index (κ3) is 3.30. The molecule has 110 valence electrons. The van der Waals surface area contributed by atoms with E-state index in [1.165, 1.54) is 4.88 Å². The fourth-order valence-electron chi connectivity index (χ4n) is 2.85. The molecule has 3 rings (SSSR count). The summed E-state index contributed by atoms with van der Waals surface area (Å²) in [6, 6.07) is 0.339. The lowest BCUT2D eigenvalue weighted by atomic mass is 9.93. The lowest BCUT2D eigenvalue weighted by molar-refractivity contribution is -0.123. The van der Waals surface area contributed by atoms with Gasteiger partial charge in [0.15, 0.2) is 5.13 Å². The number of hydrogen-bond donors (Lipinski definition) is 2. The van der Waals surface area contributed by atoms with Crippen LogP contribution in [0.4, 0.5) is 5.13 Å². The first-order valence-corrected chi connectivity index (χ1v) is 8.16. The second kappa shape index (κ2) is 5.69. The summed E-state index contributed by atoms with van der Waals surface area (Å²) < 4.78 is 0. The summed E-state index contributed by atoms with van der Waals surface area (Å²) in [5, 5.41) is 3.86. The highest BCUT2D eigenvalue weighted by molar-refractivity contribution is 7.15. The average Bonchev–Trinajstić information content (AvgIpc) is 3.17. The fourth-order valence-corrected chi connectivity index (χ4v) is 3.58. The van der Waals surface area contributed by atoms with Gasteiger partial charge in [-0.05, 0) is 25.2 Å². The molecule has 1 aromatic rings. The Labute approximate surface area is 123 Å². The van der Waals surface area contributed by atoms with Crippen molar-refractivity contribution in [3.05, 3.63) is 11.1 Å². The van der Waals surface area contributed by atoms with Crippen LogP contribution in [-0.2, 0) is 11.3 Å². The van der Waals surface area contributed by atoms with E-state index >= 15 is 0 Å². The molecule has 5 nitrogen and oxygen atoms in total. The second-order valence-corrected chi connectivity index (χ2v) is 7.20. The Kier molecular flexibility index (Phi) is 3.94. The van der Waals surface area contributed by atoms with E-state index in [2.05, 4.69) is 22.1 Å². The van der Waals surface area contributed by atoms with Gasteiger partial charge in [0.1, 0.15) is 0 Å². The molecule has 3 N–H and O–H groups in total. The number of rotatable bonds is 4. The molecule has 1 aliphatic heterocycles. The minimum atomic E-state index is 0.269. The Bertz CT molecular complexity index is 485. The molecule has 0 radical (unpaired) electrons. The van der Waals surface area contributed by atoms with Crippen molar-refractivity contribution >= 4 is 22.4 Å². The van der Waals surface area contributed by atoms with Crippen LogP contribution in [0, 0.1) is 11.8 Å². The van der Waals surface area contributed by atoms with Crippen molar-refractivity contribution in [2.24, 2.45) is 11.8 Å². The van der Waals surface area contributed by atoms with Crippen molar-refractivity contribution in [3.8, 4) is 0 Å². The summed E-state index contributed by atoms with van der Waals surface area (Å²) in [4.78, 5) is 19.6. The zero-order valence-corrected chi connectivity index (χ0v) is 12.7. The minimum Gasteiger partial charge on any atom is -0.375 e. The monoisotopic (exact) mass is 294 g/mol. The van der Waals surface area contributed by atoms with E-state index in [0.29, 0.717) is 23.0 Å². The number of aromatic nitrogens is 1. The summed E-state index contributed by atoms with van der Waals surface area (Å²) >= 11 is 1.56. The van der Waals surface area contributed by atoms with E-state index in [1.54, 1.807) is 11.3 Å². The molecule has 2 fully saturated rings. The predicted octanol–water partition coefficient (Wildman–Crippen LogP) is 1.46. The summed E-state index contributed by atoms with van der Waals surface area (Å²) in [6.07, 6.45) is 5.05. The van der Waals surface area contributed by atoms with E-state index in [9.17, 15) is 4.79 Å². The van der Waals surface area contributed by atoms with Crippen LogP contribution in [-0.4, -0.2) is 34.9 Å². The predicted molar refractivity (Wildman–Crippen MR) is 80.2 cm³/mol. The van der Waals surface area contributed by atoms with Crippen LogP contribution in [0.3, 0.4) is 0 Å². The summed E-state index contributed by atoms with van der Waals surface area (Å²) in [5.74, 6) is 1.07. The van der Waals surface area contributed by atoms with Gasteiger partial charge in [0, 0.05) is 42.7 Å². The van der Waals surface area contributed by atoms with Gasteiger partial charge in [0.25, 0.3) is 0 Å². The van der Waals surface area contributed by atoms with Gasteiger partial charge in [-0.3, -0.25) is 9.69 Å². The number of piperidine rings is 1. The number of amides is 1. The molecular formula is C14H22N4OS. The molecule has 0 spiro atoms. The minimum absolute atomic E-state index is 0.269. The molecule has 1 aliphatic carbocycles. The summed E-state index contributed by atoms with van der Waals surface area (Å²) in [6.45, 7) is 5.19.